The number of hydrogen-bond acceptors (Lipinski definition) is 8. The number of amides is 1. The van der Waals surface area contributed by atoms with E-state index in [2.05, 4.69) is 15.3 Å². The van der Waals surface area contributed by atoms with Crippen LogP contribution < -0.4 is 5.32 Å². The predicted octanol–water partition coefficient (Wildman–Crippen LogP) is 2.32. The van der Waals surface area contributed by atoms with Gasteiger partial charge in [-0.3, -0.25) is 0 Å². The van der Waals surface area contributed by atoms with E-state index in [-0.39, 0.29) is 12.3 Å². The van der Waals surface area contributed by atoms with E-state index in [0.717, 1.165) is 18.9 Å². The summed E-state index contributed by atoms with van der Waals surface area (Å²) in [6, 6.07) is 7.63. The van der Waals surface area contributed by atoms with Gasteiger partial charge in [-0.25, -0.2) is 28.0 Å². The quantitative estimate of drug-likeness (QED) is 0.541. The Balaban J connectivity index is 2.40. The van der Waals surface area contributed by atoms with E-state index in [4.69, 9.17) is 9.47 Å². The van der Waals surface area contributed by atoms with E-state index < -0.39 is 38.5 Å². The molecule has 10 heteroatoms. The molecule has 9 nitrogen and oxygen atoms in total. The molecule has 1 unspecified atom stereocenters. The van der Waals surface area contributed by atoms with Crippen LogP contribution in [0.4, 0.5) is 4.79 Å². The lowest BCUT2D eigenvalue weighted by atomic mass is 9.85. The van der Waals surface area contributed by atoms with Crippen molar-refractivity contribution >= 4 is 21.9 Å². The fourth-order valence-electron chi connectivity index (χ4n) is 2.59. The summed E-state index contributed by atoms with van der Waals surface area (Å²) in [5.74, 6) is -0.824. The molecule has 0 aliphatic rings. The molecule has 0 spiro atoms. The third kappa shape index (κ3) is 5.99. The molecular formula is C20H25N3O6S. The maximum absolute atomic E-state index is 12.5. The van der Waals surface area contributed by atoms with Crippen molar-refractivity contribution in [3.8, 4) is 0 Å². The number of aromatic nitrogens is 2. The van der Waals surface area contributed by atoms with Gasteiger partial charge in [-0.05, 0) is 11.0 Å². The Kier molecular flexibility index (Phi) is 7.14. The first-order valence-electron chi connectivity index (χ1n) is 9.06. The smallest absolute Gasteiger partial charge is 0.408 e. The third-order valence-electron chi connectivity index (χ3n) is 4.12. The minimum Gasteiger partial charge on any atom is -0.467 e. The standard InChI is InChI=1S/C20H25N3O6S/c1-20(2,3)14-11-21-18(30(5,26)27)22-15(14)16(17(24)28-4)23-19(25)29-12-13-9-7-6-8-10-13/h6-11,16H,12H2,1-5H3,(H,23,25). The molecular weight excluding hydrogens is 410 g/mol. The van der Waals surface area contributed by atoms with E-state index >= 15 is 0 Å². The van der Waals surface area contributed by atoms with Gasteiger partial charge in [0.2, 0.25) is 15.0 Å². The zero-order valence-corrected chi connectivity index (χ0v) is 18.3. The normalized spacial score (nSPS) is 12.7. The predicted molar refractivity (Wildman–Crippen MR) is 108 cm³/mol. The van der Waals surface area contributed by atoms with Crippen molar-refractivity contribution in [1.29, 1.82) is 0 Å². The molecule has 1 heterocycles. The van der Waals surface area contributed by atoms with E-state index in [0.29, 0.717) is 5.56 Å². The molecule has 0 saturated carbocycles. The molecule has 0 fully saturated rings. The number of benzene rings is 1. The van der Waals surface area contributed by atoms with Crippen molar-refractivity contribution in [2.75, 3.05) is 13.4 Å². The van der Waals surface area contributed by atoms with Gasteiger partial charge in [0.25, 0.3) is 0 Å². The average molecular weight is 436 g/mol. The Morgan fingerprint density at radius 2 is 1.80 bits per heavy atom. The fraction of sp³-hybridized carbons (Fsp3) is 0.400. The van der Waals surface area contributed by atoms with Crippen LogP contribution in [-0.4, -0.2) is 43.8 Å². The maximum Gasteiger partial charge on any atom is 0.408 e. The highest BCUT2D eigenvalue weighted by molar-refractivity contribution is 7.90. The summed E-state index contributed by atoms with van der Waals surface area (Å²) in [7, 11) is -2.59. The lowest BCUT2D eigenvalue weighted by molar-refractivity contribution is -0.143. The Morgan fingerprint density at radius 3 is 2.33 bits per heavy atom. The molecule has 0 aliphatic carbocycles. The number of methoxy groups -OCH3 is 1. The number of rotatable bonds is 6. The lowest BCUT2D eigenvalue weighted by Gasteiger charge is -2.25. The molecule has 1 aromatic carbocycles. The van der Waals surface area contributed by atoms with Crippen molar-refractivity contribution < 1.29 is 27.5 Å². The van der Waals surface area contributed by atoms with Gasteiger partial charge in [0.05, 0.1) is 12.8 Å². The number of esters is 1. The molecule has 1 amide bonds. The topological polar surface area (TPSA) is 125 Å². The van der Waals surface area contributed by atoms with Crippen LogP contribution in [0.1, 0.15) is 43.6 Å². The Bertz CT molecular complexity index is 1020. The van der Waals surface area contributed by atoms with Crippen molar-refractivity contribution in [2.45, 2.75) is 44.0 Å². The number of hydrogen-bond donors (Lipinski definition) is 1. The Labute approximate surface area is 175 Å². The van der Waals surface area contributed by atoms with Crippen LogP contribution in [-0.2, 0) is 36.1 Å². The second kappa shape index (κ2) is 9.21. The van der Waals surface area contributed by atoms with Gasteiger partial charge in [-0.15, -0.1) is 0 Å². The summed E-state index contributed by atoms with van der Waals surface area (Å²) in [6.07, 6.45) is 1.41. The van der Waals surface area contributed by atoms with Gasteiger partial charge in [-0.1, -0.05) is 51.1 Å². The van der Waals surface area contributed by atoms with Crippen molar-refractivity contribution in [3.63, 3.8) is 0 Å². The van der Waals surface area contributed by atoms with Gasteiger partial charge in [0.15, 0.2) is 6.04 Å². The van der Waals surface area contributed by atoms with E-state index in [1.54, 1.807) is 24.3 Å². The highest BCUT2D eigenvalue weighted by Crippen LogP contribution is 2.29. The highest BCUT2D eigenvalue weighted by Gasteiger charge is 2.33. The third-order valence-corrected chi connectivity index (χ3v) is 4.98. The summed E-state index contributed by atoms with van der Waals surface area (Å²) >= 11 is 0. The number of nitrogens with zero attached hydrogens (tertiary/aromatic N) is 2. The fourth-order valence-corrected chi connectivity index (χ4v) is 3.10. The molecule has 0 saturated heterocycles. The first-order valence-corrected chi connectivity index (χ1v) is 10.9. The zero-order chi connectivity index (χ0) is 22.5. The number of nitrogens with one attached hydrogen (secondary N) is 1. The Morgan fingerprint density at radius 1 is 1.17 bits per heavy atom. The largest absolute Gasteiger partial charge is 0.467 e. The van der Waals surface area contributed by atoms with Gasteiger partial charge < -0.3 is 14.8 Å². The summed E-state index contributed by atoms with van der Waals surface area (Å²) in [4.78, 5) is 32.8. The summed E-state index contributed by atoms with van der Waals surface area (Å²) in [5, 5.41) is 1.97. The number of sulfone groups is 1. The van der Waals surface area contributed by atoms with Crippen LogP contribution in [0.2, 0.25) is 0 Å². The highest BCUT2D eigenvalue weighted by atomic mass is 32.2. The molecule has 1 atom stereocenters. The van der Waals surface area contributed by atoms with E-state index in [1.165, 1.54) is 6.20 Å². The van der Waals surface area contributed by atoms with Gasteiger partial charge >= 0.3 is 12.1 Å². The molecule has 30 heavy (non-hydrogen) atoms. The second-order valence-electron chi connectivity index (χ2n) is 7.64. The van der Waals surface area contributed by atoms with E-state index in [9.17, 15) is 18.0 Å². The first-order chi connectivity index (χ1) is 13.9. The van der Waals surface area contributed by atoms with Crippen molar-refractivity contribution in [3.05, 3.63) is 53.3 Å². The van der Waals surface area contributed by atoms with Crippen LogP contribution in [0.25, 0.3) is 0 Å². The summed E-state index contributed by atoms with van der Waals surface area (Å²) in [5.41, 5.74) is 0.724. The minimum absolute atomic E-state index is 0.00887. The molecule has 162 valence electrons. The Hall–Kier alpha value is -3.01. The minimum atomic E-state index is -3.75. The zero-order valence-electron chi connectivity index (χ0n) is 17.5. The van der Waals surface area contributed by atoms with Crippen molar-refractivity contribution in [1.82, 2.24) is 15.3 Å². The van der Waals surface area contributed by atoms with Crippen LogP contribution in [0, 0.1) is 0 Å². The average Bonchev–Trinajstić information content (AvgIpc) is 2.69. The monoisotopic (exact) mass is 435 g/mol. The molecule has 0 bridgehead atoms. The number of carbonyl (C=O) groups excluding carboxylic acids is 2. The van der Waals surface area contributed by atoms with Gasteiger partial charge in [-0.2, -0.15) is 0 Å². The number of ether oxygens (including phenoxy) is 2. The van der Waals surface area contributed by atoms with Crippen LogP contribution >= 0.6 is 0 Å². The molecule has 0 radical (unpaired) electrons. The van der Waals surface area contributed by atoms with E-state index in [1.807, 2.05) is 26.8 Å². The van der Waals surface area contributed by atoms with Gasteiger partial charge in [0.1, 0.15) is 6.61 Å². The second-order valence-corrected chi connectivity index (χ2v) is 9.55. The molecule has 2 aromatic rings. The number of carbonyl (C=O) groups is 2. The van der Waals surface area contributed by atoms with Crippen LogP contribution in [0.15, 0.2) is 41.7 Å². The molecule has 0 aliphatic heterocycles. The van der Waals surface area contributed by atoms with Crippen molar-refractivity contribution in [2.24, 2.45) is 0 Å². The van der Waals surface area contributed by atoms with Crippen LogP contribution in [0.5, 0.6) is 0 Å². The van der Waals surface area contributed by atoms with Crippen LogP contribution in [0.3, 0.4) is 0 Å². The molecule has 2 rings (SSSR count). The maximum atomic E-state index is 12.5. The lowest BCUT2D eigenvalue weighted by Crippen LogP contribution is -2.37. The SMILES string of the molecule is COC(=O)C(NC(=O)OCc1ccccc1)c1nc(S(C)(=O)=O)ncc1C(C)(C)C. The summed E-state index contributed by atoms with van der Waals surface area (Å²) in [6.45, 7) is 5.52. The van der Waals surface area contributed by atoms with Gasteiger partial charge in [0, 0.05) is 18.0 Å². The first kappa shape index (κ1) is 23.3. The summed E-state index contributed by atoms with van der Waals surface area (Å²) < 4.78 is 33.9. The molecule has 1 N–H and O–H groups in total. The molecule has 1 aromatic heterocycles. The number of alkyl carbamates (subject to hydrolysis) is 1.